The number of fused-ring (bicyclic) bond motifs is 1. The second-order valence-electron chi connectivity index (χ2n) is 12.0. The van der Waals surface area contributed by atoms with Gasteiger partial charge < -0.3 is 19.5 Å². The molecule has 3 amide bonds. The average Bonchev–Trinajstić information content (AvgIpc) is 3.25. The largest absolute Gasteiger partial charge is 0.433 e. The molecule has 1 atom stereocenters. The number of unbranched alkanes of at least 4 members (excludes halogenated alkanes) is 4. The van der Waals surface area contributed by atoms with Crippen molar-refractivity contribution in [1.82, 2.24) is 9.21 Å². The van der Waals surface area contributed by atoms with Crippen LogP contribution in [-0.4, -0.2) is 92.2 Å². The number of aliphatic imine (C=N–C) groups is 1. The van der Waals surface area contributed by atoms with Gasteiger partial charge in [0.25, 0.3) is 21.8 Å². The smallest absolute Gasteiger partial charge is 0.418 e. The monoisotopic (exact) mass is 702 g/mol. The minimum atomic E-state index is -4.25. The van der Waals surface area contributed by atoms with Crippen LogP contribution in [0, 0.1) is 0 Å². The Morgan fingerprint density at radius 3 is 2.42 bits per heavy atom. The SMILES string of the molecule is CCCCCCSc1ccccc1NC(=O)C(C1=Nc2ccccc2S(=O)(=O)N1CCCOCCCCOC)N1C(=O)OC(C)(C)C1=O. The van der Waals surface area contributed by atoms with Gasteiger partial charge in [-0.2, -0.15) is 0 Å². The van der Waals surface area contributed by atoms with Gasteiger partial charge in [0.05, 0.1) is 11.4 Å². The lowest BCUT2D eigenvalue weighted by molar-refractivity contribution is -0.137. The van der Waals surface area contributed by atoms with E-state index in [1.54, 1.807) is 43.1 Å². The predicted octanol–water partition coefficient (Wildman–Crippen LogP) is 5.99. The number of rotatable bonds is 19. The van der Waals surface area contributed by atoms with Crippen LogP contribution < -0.4 is 5.32 Å². The molecular weight excluding hydrogens is 657 g/mol. The number of carbonyl (C=O) groups excluding carboxylic acids is 3. The van der Waals surface area contributed by atoms with E-state index in [0.29, 0.717) is 23.8 Å². The maximum absolute atomic E-state index is 14.4. The number of hydrogen-bond donors (Lipinski definition) is 1. The first-order valence-electron chi connectivity index (χ1n) is 16.4. The molecule has 0 bridgehead atoms. The summed E-state index contributed by atoms with van der Waals surface area (Å²) in [6.45, 7) is 6.22. The molecular formula is C34H46N4O8S2. The summed E-state index contributed by atoms with van der Waals surface area (Å²) in [5.74, 6) is -1.03. The minimum absolute atomic E-state index is 0.0473. The average molecular weight is 703 g/mol. The molecule has 14 heteroatoms. The zero-order chi connectivity index (χ0) is 34.7. The second kappa shape index (κ2) is 17.3. The van der Waals surface area contributed by atoms with E-state index in [1.807, 2.05) is 12.1 Å². The highest BCUT2D eigenvalue weighted by Crippen LogP contribution is 2.36. The fourth-order valence-electron chi connectivity index (χ4n) is 5.35. The highest BCUT2D eigenvalue weighted by atomic mass is 32.2. The van der Waals surface area contributed by atoms with E-state index in [1.165, 1.54) is 26.0 Å². The van der Waals surface area contributed by atoms with Gasteiger partial charge in [-0.3, -0.25) is 13.9 Å². The van der Waals surface area contributed by atoms with E-state index in [-0.39, 0.29) is 36.0 Å². The van der Waals surface area contributed by atoms with Crippen LogP contribution in [0.2, 0.25) is 0 Å². The van der Waals surface area contributed by atoms with Gasteiger partial charge in [-0.1, -0.05) is 50.5 Å². The molecule has 1 fully saturated rings. The van der Waals surface area contributed by atoms with Crippen LogP contribution in [-0.2, 0) is 33.8 Å². The van der Waals surface area contributed by atoms with Gasteiger partial charge in [0.15, 0.2) is 17.5 Å². The first-order chi connectivity index (χ1) is 23.0. The van der Waals surface area contributed by atoms with Crippen molar-refractivity contribution in [1.29, 1.82) is 0 Å². The Bertz CT molecular complexity index is 1580. The van der Waals surface area contributed by atoms with E-state index in [9.17, 15) is 22.8 Å². The molecule has 262 valence electrons. The van der Waals surface area contributed by atoms with E-state index >= 15 is 0 Å². The molecule has 2 heterocycles. The number of nitrogens with zero attached hydrogens (tertiary/aromatic N) is 3. The molecule has 0 saturated carbocycles. The summed E-state index contributed by atoms with van der Waals surface area (Å²) in [5, 5.41) is 2.88. The van der Waals surface area contributed by atoms with E-state index in [4.69, 9.17) is 14.2 Å². The normalized spacial score (nSPS) is 17.1. The molecule has 1 N–H and O–H groups in total. The Kier molecular flexibility index (Phi) is 13.4. The first kappa shape index (κ1) is 37.4. The number of amidine groups is 1. The summed E-state index contributed by atoms with van der Waals surface area (Å²) in [5.41, 5.74) is -1.01. The Balaban J connectivity index is 1.69. The fourth-order valence-corrected chi connectivity index (χ4v) is 7.99. The highest BCUT2D eigenvalue weighted by Gasteiger charge is 2.55. The number of para-hydroxylation sites is 2. The molecule has 0 aromatic heterocycles. The van der Waals surface area contributed by atoms with Crippen molar-refractivity contribution in [3.63, 3.8) is 0 Å². The summed E-state index contributed by atoms with van der Waals surface area (Å²) in [6.07, 6.45) is 5.18. The lowest BCUT2D eigenvalue weighted by Crippen LogP contribution is -2.59. The molecule has 2 aliphatic heterocycles. The van der Waals surface area contributed by atoms with Crippen LogP contribution in [0.4, 0.5) is 16.2 Å². The molecule has 1 saturated heterocycles. The lowest BCUT2D eigenvalue weighted by Gasteiger charge is -2.35. The van der Waals surface area contributed by atoms with Gasteiger partial charge in [-0.25, -0.2) is 23.1 Å². The van der Waals surface area contributed by atoms with Crippen LogP contribution in [0.1, 0.15) is 65.7 Å². The number of amides is 3. The minimum Gasteiger partial charge on any atom is -0.433 e. The molecule has 2 aromatic carbocycles. The van der Waals surface area contributed by atoms with E-state index < -0.39 is 39.6 Å². The predicted molar refractivity (Wildman–Crippen MR) is 185 cm³/mol. The Labute approximate surface area is 287 Å². The third-order valence-electron chi connectivity index (χ3n) is 7.89. The van der Waals surface area contributed by atoms with Crippen molar-refractivity contribution in [2.24, 2.45) is 4.99 Å². The number of carbonyl (C=O) groups is 3. The molecule has 2 aromatic rings. The molecule has 12 nitrogen and oxygen atoms in total. The topological polar surface area (TPSA) is 144 Å². The highest BCUT2D eigenvalue weighted by molar-refractivity contribution is 7.99. The summed E-state index contributed by atoms with van der Waals surface area (Å²) < 4.78 is 45.4. The fraction of sp³-hybridized carbons (Fsp3) is 0.529. The van der Waals surface area contributed by atoms with Crippen molar-refractivity contribution in [3.8, 4) is 0 Å². The Morgan fingerprint density at radius 2 is 1.69 bits per heavy atom. The van der Waals surface area contributed by atoms with Crippen molar-refractivity contribution in [2.75, 3.05) is 44.5 Å². The third kappa shape index (κ3) is 8.95. The van der Waals surface area contributed by atoms with E-state index in [2.05, 4.69) is 17.2 Å². The summed E-state index contributed by atoms with van der Waals surface area (Å²) in [7, 11) is -2.62. The van der Waals surface area contributed by atoms with Gasteiger partial charge in [0.2, 0.25) is 0 Å². The Hall–Kier alpha value is -3.46. The Morgan fingerprint density at radius 1 is 0.979 bits per heavy atom. The maximum atomic E-state index is 14.4. The molecule has 0 radical (unpaired) electrons. The van der Waals surface area contributed by atoms with Gasteiger partial charge in [-0.05, 0) is 69.5 Å². The molecule has 0 aliphatic carbocycles. The second-order valence-corrected chi connectivity index (χ2v) is 15.0. The van der Waals surface area contributed by atoms with Crippen molar-refractivity contribution in [3.05, 3.63) is 48.5 Å². The number of methoxy groups -OCH3 is 1. The number of thioether (sulfide) groups is 1. The van der Waals surface area contributed by atoms with Gasteiger partial charge >= 0.3 is 6.09 Å². The standard InChI is InChI=1S/C34H46N4O8S2/c1-5-6-7-14-24-47-27-18-10-8-16-25(27)36-31(39)29(38-32(40)34(2,3)46-33(38)41)30-35-26-17-9-11-19-28(26)48(42,43)37(30)20-15-23-45-22-13-12-21-44-4/h8-11,16-19,29H,5-7,12-15,20-24H2,1-4H3,(H,36,39). The first-order valence-corrected chi connectivity index (χ1v) is 18.8. The van der Waals surface area contributed by atoms with Crippen LogP contribution >= 0.6 is 11.8 Å². The summed E-state index contributed by atoms with van der Waals surface area (Å²) in [4.78, 5) is 47.4. The van der Waals surface area contributed by atoms with Gasteiger partial charge in [0.1, 0.15) is 4.90 Å². The lowest BCUT2D eigenvalue weighted by atomic mass is 10.1. The summed E-state index contributed by atoms with van der Waals surface area (Å²) >= 11 is 1.59. The third-order valence-corrected chi connectivity index (χ3v) is 10.9. The quantitative estimate of drug-likeness (QED) is 0.138. The van der Waals surface area contributed by atoms with Crippen LogP contribution in [0.5, 0.6) is 0 Å². The van der Waals surface area contributed by atoms with Gasteiger partial charge in [-0.15, -0.1) is 11.8 Å². The number of cyclic esters (lactones) is 1. The summed E-state index contributed by atoms with van der Waals surface area (Å²) in [6, 6.07) is 11.7. The molecule has 4 rings (SSSR count). The number of benzene rings is 2. The van der Waals surface area contributed by atoms with Crippen molar-refractivity contribution >= 4 is 56.9 Å². The number of anilines is 1. The zero-order valence-corrected chi connectivity index (χ0v) is 29.7. The van der Waals surface area contributed by atoms with Crippen molar-refractivity contribution in [2.45, 2.75) is 87.2 Å². The van der Waals surface area contributed by atoms with Crippen LogP contribution in [0.25, 0.3) is 0 Å². The zero-order valence-electron chi connectivity index (χ0n) is 28.1. The van der Waals surface area contributed by atoms with Crippen LogP contribution in [0.15, 0.2) is 63.3 Å². The molecule has 1 unspecified atom stereocenters. The number of nitrogens with one attached hydrogen (secondary N) is 1. The van der Waals surface area contributed by atoms with Crippen LogP contribution in [0.3, 0.4) is 0 Å². The number of sulfonamides is 1. The molecule has 0 spiro atoms. The maximum Gasteiger partial charge on any atom is 0.418 e. The number of hydrogen-bond acceptors (Lipinski definition) is 10. The number of ether oxygens (including phenoxy) is 3. The number of imide groups is 1. The molecule has 2 aliphatic rings. The van der Waals surface area contributed by atoms with Gasteiger partial charge in [0, 0.05) is 38.4 Å². The van der Waals surface area contributed by atoms with Crippen molar-refractivity contribution < 1.29 is 37.0 Å². The van der Waals surface area contributed by atoms with E-state index in [0.717, 1.165) is 53.5 Å². The molecule has 48 heavy (non-hydrogen) atoms.